The number of rotatable bonds is 4. The molecule has 3 aromatic carbocycles. The largest absolute Gasteiger partial charge is 0.480 e. The van der Waals surface area contributed by atoms with Gasteiger partial charge in [-0.05, 0) is 45.2 Å². The lowest BCUT2D eigenvalue weighted by atomic mass is 9.79. The molecule has 2 atom stereocenters. The molecule has 0 unspecified atom stereocenters. The van der Waals surface area contributed by atoms with Gasteiger partial charge >= 0.3 is 6.09 Å². The van der Waals surface area contributed by atoms with Gasteiger partial charge in [-0.25, -0.2) is 23.5 Å². The summed E-state index contributed by atoms with van der Waals surface area (Å²) in [4.78, 5) is 36.0. The van der Waals surface area contributed by atoms with Gasteiger partial charge in [-0.2, -0.15) is 0 Å². The minimum absolute atomic E-state index is 0.0338. The lowest BCUT2D eigenvalue weighted by molar-refractivity contribution is -0.0216. The molecule has 3 aliphatic heterocycles. The standard InChI is InChI=1S/C34H29ClF2N4O6/c1-33(2,3)47-32(43)41-13-7-10-23(41)34(17-8-5-4-6-9-17)16-19-21(46-34)15-20(36)26(35)24(19)25-18(29(38)42)14-22-28(27(25)37)45-31-30(44-22)39-11-12-40-31/h4-6,8-9,11-12,14-15,23H,7,10,13,16H2,1-3H3,(H2,38,42)/t23-,34-/m0/s1. The van der Waals surface area contributed by atoms with Crippen LogP contribution in [0.5, 0.6) is 29.0 Å². The number of likely N-dealkylation sites (tertiary alicyclic amines) is 1. The Morgan fingerprint density at radius 1 is 1.04 bits per heavy atom. The second-order valence-electron chi connectivity index (χ2n) is 12.6. The first-order valence-electron chi connectivity index (χ1n) is 15.0. The molecule has 1 fully saturated rings. The highest BCUT2D eigenvalue weighted by Crippen LogP contribution is 2.55. The smallest absolute Gasteiger partial charge is 0.410 e. The fourth-order valence-electron chi connectivity index (χ4n) is 6.58. The number of hydrogen-bond acceptors (Lipinski definition) is 8. The number of benzene rings is 3. The lowest BCUT2D eigenvalue weighted by Crippen LogP contribution is -2.53. The number of hydrogen-bond donors (Lipinski definition) is 1. The summed E-state index contributed by atoms with van der Waals surface area (Å²) >= 11 is 6.65. The number of nitrogens with zero attached hydrogens (tertiary/aromatic N) is 3. The zero-order valence-corrected chi connectivity index (χ0v) is 26.4. The predicted molar refractivity (Wildman–Crippen MR) is 166 cm³/mol. The Kier molecular flexibility index (Phi) is 7.23. The van der Waals surface area contributed by atoms with E-state index in [1.54, 1.807) is 25.7 Å². The highest BCUT2D eigenvalue weighted by molar-refractivity contribution is 6.34. The maximum Gasteiger partial charge on any atom is 0.410 e. The van der Waals surface area contributed by atoms with Crippen molar-refractivity contribution in [1.82, 2.24) is 14.9 Å². The number of ether oxygens (including phenoxy) is 4. The van der Waals surface area contributed by atoms with Crippen molar-refractivity contribution >= 4 is 23.6 Å². The van der Waals surface area contributed by atoms with Crippen LogP contribution in [0.25, 0.3) is 11.1 Å². The highest BCUT2D eigenvalue weighted by atomic mass is 35.5. The van der Waals surface area contributed by atoms with Gasteiger partial charge in [0.05, 0.1) is 16.6 Å². The van der Waals surface area contributed by atoms with Crippen LogP contribution in [0.3, 0.4) is 0 Å². The Bertz CT molecular complexity index is 1950. The normalized spacial score (nSPS) is 19.5. The third-order valence-electron chi connectivity index (χ3n) is 8.44. The molecule has 13 heteroatoms. The van der Waals surface area contributed by atoms with Crippen molar-refractivity contribution in [3.63, 3.8) is 0 Å². The lowest BCUT2D eigenvalue weighted by Gasteiger charge is -2.40. The van der Waals surface area contributed by atoms with Crippen LogP contribution in [-0.2, 0) is 16.8 Å². The van der Waals surface area contributed by atoms with E-state index in [4.69, 9.17) is 36.3 Å². The van der Waals surface area contributed by atoms with E-state index >= 15 is 8.78 Å². The second-order valence-corrected chi connectivity index (χ2v) is 12.9. The SMILES string of the molecule is CC(C)(C)OC(=O)N1CCC[C@H]1[C@@]1(c2ccccc2)Cc2c(cc(F)c(Cl)c2-c2c(C(N)=O)cc3c(c2F)Oc2nccnc2O3)O1. The molecule has 10 nitrogen and oxygen atoms in total. The van der Waals surface area contributed by atoms with E-state index in [0.717, 1.165) is 6.07 Å². The molecule has 242 valence electrons. The van der Waals surface area contributed by atoms with Gasteiger partial charge < -0.3 is 29.6 Å². The van der Waals surface area contributed by atoms with Crippen molar-refractivity contribution in [2.45, 2.75) is 57.3 Å². The molecule has 0 bridgehead atoms. The Balaban J connectivity index is 1.41. The van der Waals surface area contributed by atoms with Gasteiger partial charge in [-0.1, -0.05) is 41.9 Å². The number of carbonyl (C=O) groups excluding carboxylic acids is 2. The molecular weight excluding hydrogens is 634 g/mol. The molecule has 0 aliphatic carbocycles. The van der Waals surface area contributed by atoms with E-state index in [1.807, 2.05) is 30.3 Å². The van der Waals surface area contributed by atoms with Crippen molar-refractivity contribution in [1.29, 1.82) is 0 Å². The summed E-state index contributed by atoms with van der Waals surface area (Å²) < 4.78 is 56.3. The molecule has 0 saturated carbocycles. The number of aromatic nitrogens is 2. The first-order chi connectivity index (χ1) is 22.4. The van der Waals surface area contributed by atoms with Gasteiger partial charge in [0.2, 0.25) is 11.7 Å². The zero-order chi connectivity index (χ0) is 33.2. The summed E-state index contributed by atoms with van der Waals surface area (Å²) in [5.74, 6) is -3.68. The highest BCUT2D eigenvalue weighted by Gasteiger charge is 2.54. The predicted octanol–water partition coefficient (Wildman–Crippen LogP) is 7.30. The van der Waals surface area contributed by atoms with Crippen LogP contribution in [0.15, 0.2) is 54.9 Å². The molecule has 7 rings (SSSR count). The zero-order valence-electron chi connectivity index (χ0n) is 25.6. The third kappa shape index (κ3) is 5.07. The van der Waals surface area contributed by atoms with Gasteiger partial charge in [-0.3, -0.25) is 4.79 Å². The number of nitrogens with two attached hydrogens (primary N) is 1. The second kappa shape index (κ2) is 11.1. The van der Waals surface area contributed by atoms with Crippen molar-refractivity contribution in [2.24, 2.45) is 5.73 Å². The average molecular weight is 663 g/mol. The van der Waals surface area contributed by atoms with Gasteiger partial charge in [0.25, 0.3) is 11.8 Å². The number of carbonyl (C=O) groups is 2. The first kappa shape index (κ1) is 30.7. The van der Waals surface area contributed by atoms with Gasteiger partial charge in [0, 0.05) is 48.1 Å². The van der Waals surface area contributed by atoms with Crippen LogP contribution in [0, 0.1) is 11.6 Å². The molecule has 2 amide bonds. The van der Waals surface area contributed by atoms with E-state index in [-0.39, 0.29) is 40.8 Å². The van der Waals surface area contributed by atoms with Crippen LogP contribution in [0.2, 0.25) is 5.02 Å². The topological polar surface area (TPSA) is 126 Å². The monoisotopic (exact) mass is 662 g/mol. The van der Waals surface area contributed by atoms with Crippen LogP contribution in [0.1, 0.15) is 55.1 Å². The average Bonchev–Trinajstić information content (AvgIpc) is 3.67. The van der Waals surface area contributed by atoms with Gasteiger partial charge in [-0.15, -0.1) is 0 Å². The fourth-order valence-corrected chi connectivity index (χ4v) is 6.85. The van der Waals surface area contributed by atoms with Crippen LogP contribution in [0.4, 0.5) is 13.6 Å². The maximum absolute atomic E-state index is 16.7. The summed E-state index contributed by atoms with van der Waals surface area (Å²) in [6, 6.07) is 11.0. The molecule has 1 aromatic heterocycles. The summed E-state index contributed by atoms with van der Waals surface area (Å²) in [6.45, 7) is 5.75. The number of halogens is 3. The molecule has 4 aromatic rings. The number of amides is 2. The summed E-state index contributed by atoms with van der Waals surface area (Å²) in [6.07, 6.45) is 3.41. The summed E-state index contributed by atoms with van der Waals surface area (Å²) in [5.41, 5.74) is 3.92. The van der Waals surface area contributed by atoms with Gasteiger partial charge in [0.1, 0.15) is 17.2 Å². The quantitative estimate of drug-likeness (QED) is 0.212. The van der Waals surface area contributed by atoms with Crippen LogP contribution in [-0.4, -0.2) is 45.1 Å². The van der Waals surface area contributed by atoms with E-state index in [9.17, 15) is 9.59 Å². The van der Waals surface area contributed by atoms with Gasteiger partial charge in [0.15, 0.2) is 17.2 Å². The molecule has 47 heavy (non-hydrogen) atoms. The molecule has 3 aliphatic rings. The van der Waals surface area contributed by atoms with Crippen LogP contribution >= 0.6 is 11.6 Å². The minimum Gasteiger partial charge on any atom is -0.480 e. The minimum atomic E-state index is -1.26. The Morgan fingerprint density at radius 2 is 1.74 bits per heavy atom. The molecule has 0 radical (unpaired) electrons. The molecule has 1 saturated heterocycles. The van der Waals surface area contributed by atoms with Crippen LogP contribution < -0.4 is 19.9 Å². The number of fused-ring (bicyclic) bond motifs is 3. The first-order valence-corrected chi connectivity index (χ1v) is 15.3. The number of primary amides is 1. The van der Waals surface area contributed by atoms with Crippen molar-refractivity contribution < 1.29 is 37.3 Å². The van der Waals surface area contributed by atoms with Crippen molar-refractivity contribution in [3.8, 4) is 40.1 Å². The fraction of sp³-hybridized carbons (Fsp3) is 0.294. The maximum atomic E-state index is 16.7. The van der Waals surface area contributed by atoms with E-state index in [2.05, 4.69) is 9.97 Å². The van der Waals surface area contributed by atoms with Crippen molar-refractivity contribution in [3.05, 3.63) is 88.2 Å². The Morgan fingerprint density at radius 3 is 2.43 bits per heavy atom. The van der Waals surface area contributed by atoms with E-state index in [1.165, 1.54) is 18.5 Å². The van der Waals surface area contributed by atoms with E-state index in [0.29, 0.717) is 30.5 Å². The molecule has 2 N–H and O–H groups in total. The molecule has 4 heterocycles. The summed E-state index contributed by atoms with van der Waals surface area (Å²) in [7, 11) is 0. The summed E-state index contributed by atoms with van der Waals surface area (Å²) in [5, 5.41) is -0.454. The van der Waals surface area contributed by atoms with Crippen molar-refractivity contribution in [2.75, 3.05) is 6.54 Å². The van der Waals surface area contributed by atoms with E-state index < -0.39 is 57.2 Å². The third-order valence-corrected chi connectivity index (χ3v) is 8.81. The molecular formula is C34H29ClF2N4O6. The Hall–Kier alpha value is -4.97. The molecule has 0 spiro atoms. The Labute approximate surface area is 273 Å².